The number of carbonyl (C=O) groups excluding carboxylic acids is 1. The van der Waals surface area contributed by atoms with Gasteiger partial charge in [0.2, 0.25) is 5.91 Å². The molecule has 0 radical (unpaired) electrons. The number of aliphatic hydroxyl groups is 3. The number of nitrogens with one attached hydrogen (secondary N) is 1. The van der Waals surface area contributed by atoms with E-state index in [4.69, 9.17) is 5.11 Å². The summed E-state index contributed by atoms with van der Waals surface area (Å²) in [5.74, 6) is -0.0615. The molecule has 0 unspecified atom stereocenters. The van der Waals surface area contributed by atoms with Crippen LogP contribution in [0.5, 0.6) is 0 Å². The Kier molecular flexibility index (Phi) is 47.7. The molecule has 0 spiro atoms. The predicted molar refractivity (Wildman–Crippen MR) is 245 cm³/mol. The second kappa shape index (κ2) is 48.5. The second-order valence-electron chi connectivity index (χ2n) is 17.7. The second-order valence-corrected chi connectivity index (χ2v) is 17.7. The molecule has 0 fully saturated rings. The highest BCUT2D eigenvalue weighted by Crippen LogP contribution is 2.17. The summed E-state index contributed by atoms with van der Waals surface area (Å²) in [6.45, 7) is 2.39. The van der Waals surface area contributed by atoms with E-state index in [0.717, 1.165) is 32.1 Å². The van der Waals surface area contributed by atoms with Gasteiger partial charge in [0.05, 0.1) is 18.8 Å². The molecule has 0 aliphatic rings. The molecule has 0 saturated heterocycles. The van der Waals surface area contributed by atoms with E-state index in [1.165, 1.54) is 238 Å². The molecule has 4 N–H and O–H groups in total. The van der Waals surface area contributed by atoms with Gasteiger partial charge in [0, 0.05) is 13.0 Å². The smallest absolute Gasteiger partial charge is 0.220 e. The lowest BCUT2D eigenvalue weighted by atomic mass is 10.0. The van der Waals surface area contributed by atoms with Crippen LogP contribution < -0.4 is 5.32 Å². The molecule has 5 heteroatoms. The van der Waals surface area contributed by atoms with Crippen LogP contribution in [0.1, 0.15) is 283 Å². The molecule has 0 saturated carbocycles. The maximum Gasteiger partial charge on any atom is 0.220 e. The number of hydrogen-bond acceptors (Lipinski definition) is 4. The number of hydrogen-bond donors (Lipinski definition) is 4. The zero-order valence-corrected chi connectivity index (χ0v) is 37.9. The fourth-order valence-electron chi connectivity index (χ4n) is 8.16. The van der Waals surface area contributed by atoms with Crippen LogP contribution >= 0.6 is 0 Å². The Hall–Kier alpha value is -0.910. The first kappa shape index (κ1) is 55.1. The molecule has 1 amide bonds. The maximum absolute atomic E-state index is 12.4. The van der Waals surface area contributed by atoms with Crippen LogP contribution in [0, 0.1) is 0 Å². The van der Waals surface area contributed by atoms with Crippen LogP contribution in [0.4, 0.5) is 0 Å². The molecule has 0 aliphatic heterocycles. The first-order chi connectivity index (χ1) is 27.7. The van der Waals surface area contributed by atoms with Crippen molar-refractivity contribution < 1.29 is 20.1 Å². The van der Waals surface area contributed by atoms with Crippen molar-refractivity contribution in [2.75, 3.05) is 13.2 Å². The minimum atomic E-state index is -0.836. The standard InChI is InChI=1S/C51H101NO4/c1-2-3-4-5-6-7-8-27-30-33-36-39-42-45-50(55)49(48-54)52-51(56)46-43-40-37-34-31-28-25-23-21-19-17-15-13-11-9-10-12-14-16-18-20-22-24-26-29-32-35-38-41-44-47-53/h42,45,49-50,53-55H,2-41,43-44,46-48H2,1H3,(H,52,56)/b45-42+/t49-,50+/m0/s1. The first-order valence-electron chi connectivity index (χ1n) is 25.5. The normalized spacial score (nSPS) is 12.9. The third-order valence-corrected chi connectivity index (χ3v) is 12.1. The number of allylic oxidation sites excluding steroid dienone is 1. The van der Waals surface area contributed by atoms with Crippen LogP contribution in [-0.2, 0) is 4.79 Å². The van der Waals surface area contributed by atoms with Crippen LogP contribution in [0.15, 0.2) is 12.2 Å². The molecule has 0 aromatic carbocycles. The molecule has 0 aliphatic carbocycles. The summed E-state index contributed by atoms with van der Waals surface area (Å²) in [6.07, 6.45) is 59.4. The number of rotatable bonds is 48. The van der Waals surface area contributed by atoms with Gasteiger partial charge in [-0.1, -0.05) is 263 Å². The Morgan fingerprint density at radius 1 is 0.429 bits per heavy atom. The molecule has 334 valence electrons. The third-order valence-electron chi connectivity index (χ3n) is 12.1. The number of carbonyl (C=O) groups is 1. The monoisotopic (exact) mass is 792 g/mol. The Morgan fingerprint density at radius 3 is 1.02 bits per heavy atom. The molecule has 0 aromatic rings. The molecule has 2 atom stereocenters. The number of aliphatic hydroxyl groups excluding tert-OH is 3. The van der Waals surface area contributed by atoms with Gasteiger partial charge in [-0.15, -0.1) is 0 Å². The largest absolute Gasteiger partial charge is 0.396 e. The van der Waals surface area contributed by atoms with E-state index in [1.54, 1.807) is 6.08 Å². The van der Waals surface area contributed by atoms with Crippen molar-refractivity contribution in [3.8, 4) is 0 Å². The van der Waals surface area contributed by atoms with Crippen molar-refractivity contribution in [3.63, 3.8) is 0 Å². The molecule has 56 heavy (non-hydrogen) atoms. The van der Waals surface area contributed by atoms with Crippen molar-refractivity contribution in [2.45, 2.75) is 295 Å². The van der Waals surface area contributed by atoms with Gasteiger partial charge in [-0.2, -0.15) is 0 Å². The SMILES string of the molecule is CCCCCCCCCCCCC/C=C/[C@@H](O)[C@H](CO)NC(=O)CCCCCCCCCCCCCCCCCCCCCCCCCCCCCCCCO. The lowest BCUT2D eigenvalue weighted by Gasteiger charge is -2.20. The van der Waals surface area contributed by atoms with Crippen molar-refractivity contribution in [2.24, 2.45) is 0 Å². The molecule has 0 rings (SSSR count). The summed E-state index contributed by atoms with van der Waals surface area (Å²) in [5.41, 5.74) is 0. The van der Waals surface area contributed by atoms with Crippen molar-refractivity contribution in [1.29, 1.82) is 0 Å². The van der Waals surface area contributed by atoms with E-state index < -0.39 is 12.1 Å². The zero-order valence-electron chi connectivity index (χ0n) is 37.9. The molecular weight excluding hydrogens is 691 g/mol. The Morgan fingerprint density at radius 2 is 0.714 bits per heavy atom. The highest BCUT2D eigenvalue weighted by Gasteiger charge is 2.18. The molecular formula is C51H101NO4. The van der Waals surface area contributed by atoms with E-state index in [-0.39, 0.29) is 12.5 Å². The zero-order chi connectivity index (χ0) is 40.7. The van der Waals surface area contributed by atoms with E-state index in [0.29, 0.717) is 13.0 Å². The predicted octanol–water partition coefficient (Wildman–Crippen LogP) is 15.2. The summed E-state index contributed by atoms with van der Waals surface area (Å²) in [7, 11) is 0. The summed E-state index contributed by atoms with van der Waals surface area (Å²) in [5, 5.41) is 31.8. The Labute approximate surface area is 350 Å². The van der Waals surface area contributed by atoms with Gasteiger partial charge >= 0.3 is 0 Å². The van der Waals surface area contributed by atoms with Crippen LogP contribution in [0.3, 0.4) is 0 Å². The highest BCUT2D eigenvalue weighted by atomic mass is 16.3. The molecule has 0 heterocycles. The topological polar surface area (TPSA) is 89.8 Å². The quantitative estimate of drug-likeness (QED) is 0.0365. The van der Waals surface area contributed by atoms with E-state index >= 15 is 0 Å². The lowest BCUT2D eigenvalue weighted by molar-refractivity contribution is -0.123. The summed E-state index contributed by atoms with van der Waals surface area (Å²) < 4.78 is 0. The van der Waals surface area contributed by atoms with Crippen molar-refractivity contribution >= 4 is 5.91 Å². The van der Waals surface area contributed by atoms with Gasteiger partial charge in [0.25, 0.3) is 0 Å². The summed E-state index contributed by atoms with van der Waals surface area (Å²) in [4.78, 5) is 12.4. The Bertz CT molecular complexity index is 773. The van der Waals surface area contributed by atoms with Crippen LogP contribution in [-0.4, -0.2) is 46.6 Å². The first-order valence-corrected chi connectivity index (χ1v) is 25.5. The Balaban J connectivity index is 3.39. The summed E-state index contributed by atoms with van der Waals surface area (Å²) in [6, 6.07) is -0.619. The fraction of sp³-hybridized carbons (Fsp3) is 0.941. The third kappa shape index (κ3) is 44.2. The average molecular weight is 792 g/mol. The van der Waals surface area contributed by atoms with Gasteiger partial charge in [-0.3, -0.25) is 4.79 Å². The fourth-order valence-corrected chi connectivity index (χ4v) is 8.16. The van der Waals surface area contributed by atoms with Crippen LogP contribution in [0.2, 0.25) is 0 Å². The summed E-state index contributed by atoms with van der Waals surface area (Å²) >= 11 is 0. The van der Waals surface area contributed by atoms with Crippen LogP contribution in [0.25, 0.3) is 0 Å². The van der Waals surface area contributed by atoms with Gasteiger partial charge in [-0.25, -0.2) is 0 Å². The minimum absolute atomic E-state index is 0.0615. The van der Waals surface area contributed by atoms with Gasteiger partial charge in [-0.05, 0) is 25.7 Å². The number of amides is 1. The van der Waals surface area contributed by atoms with E-state index in [2.05, 4.69) is 12.2 Å². The number of unbranched alkanes of at least 4 members (excludes halogenated alkanes) is 40. The van der Waals surface area contributed by atoms with Gasteiger partial charge in [0.1, 0.15) is 0 Å². The van der Waals surface area contributed by atoms with Crippen molar-refractivity contribution in [1.82, 2.24) is 5.32 Å². The van der Waals surface area contributed by atoms with Gasteiger partial charge in [0.15, 0.2) is 0 Å². The van der Waals surface area contributed by atoms with E-state index in [1.807, 2.05) is 6.08 Å². The maximum atomic E-state index is 12.4. The van der Waals surface area contributed by atoms with Crippen molar-refractivity contribution in [3.05, 3.63) is 12.2 Å². The highest BCUT2D eigenvalue weighted by molar-refractivity contribution is 5.76. The molecule has 5 nitrogen and oxygen atoms in total. The molecule has 0 aromatic heterocycles. The van der Waals surface area contributed by atoms with Gasteiger partial charge < -0.3 is 20.6 Å². The lowest BCUT2D eigenvalue weighted by Crippen LogP contribution is -2.45. The molecule has 0 bridgehead atoms. The van der Waals surface area contributed by atoms with E-state index in [9.17, 15) is 15.0 Å². The minimum Gasteiger partial charge on any atom is -0.396 e. The average Bonchev–Trinajstić information content (AvgIpc) is 3.20.